The summed E-state index contributed by atoms with van der Waals surface area (Å²) in [6, 6.07) is 22.4. The van der Waals surface area contributed by atoms with E-state index in [1.165, 1.54) is 38.5 Å². The molecular formula is C36H36N2O8. The predicted octanol–water partition coefficient (Wildman–Crippen LogP) is 4.71. The van der Waals surface area contributed by atoms with Crippen molar-refractivity contribution in [3.63, 3.8) is 0 Å². The van der Waals surface area contributed by atoms with Crippen LogP contribution in [0.15, 0.2) is 96.1 Å². The van der Waals surface area contributed by atoms with E-state index >= 15 is 0 Å². The van der Waals surface area contributed by atoms with Gasteiger partial charge in [-0.3, -0.25) is 9.59 Å². The summed E-state index contributed by atoms with van der Waals surface area (Å²) in [5, 5.41) is 45.2. The second kappa shape index (κ2) is 15.7. The molecular weight excluding hydrogens is 588 g/mol. The lowest BCUT2D eigenvalue weighted by Gasteiger charge is -2.15. The Kier molecular flexibility index (Phi) is 11.3. The first-order valence-electron chi connectivity index (χ1n) is 14.5. The van der Waals surface area contributed by atoms with Crippen LogP contribution in [0.3, 0.4) is 0 Å². The van der Waals surface area contributed by atoms with Crippen LogP contribution in [-0.2, 0) is 22.4 Å². The number of hydrogen-bond donors (Lipinski definition) is 6. The molecule has 238 valence electrons. The average molecular weight is 625 g/mol. The molecule has 46 heavy (non-hydrogen) atoms. The van der Waals surface area contributed by atoms with Crippen molar-refractivity contribution in [2.45, 2.75) is 12.8 Å². The summed E-state index contributed by atoms with van der Waals surface area (Å²) in [6.45, 7) is 0.477. The third kappa shape index (κ3) is 9.06. The molecule has 10 nitrogen and oxygen atoms in total. The fraction of sp³-hybridized carbons (Fsp3) is 0.167. The molecule has 0 saturated heterocycles. The van der Waals surface area contributed by atoms with Gasteiger partial charge < -0.3 is 40.5 Å². The van der Waals surface area contributed by atoms with Crippen LogP contribution in [0.4, 0.5) is 0 Å². The summed E-state index contributed by atoms with van der Waals surface area (Å²) in [5.74, 6) is -0.579. The zero-order chi connectivity index (χ0) is 33.1. The molecule has 0 bridgehead atoms. The first-order chi connectivity index (χ1) is 22.2. The van der Waals surface area contributed by atoms with Gasteiger partial charge in [0, 0.05) is 13.1 Å². The summed E-state index contributed by atoms with van der Waals surface area (Å²) in [4.78, 5) is 27.7. The van der Waals surface area contributed by atoms with E-state index in [4.69, 9.17) is 9.47 Å². The number of aromatic hydroxyl groups is 4. The van der Waals surface area contributed by atoms with Crippen LogP contribution in [0.2, 0.25) is 0 Å². The highest BCUT2D eigenvalue weighted by Gasteiger charge is 2.22. The number of phenolic OH excluding ortho intramolecular Hbond substituents is 4. The lowest BCUT2D eigenvalue weighted by Crippen LogP contribution is -2.33. The first kappa shape index (κ1) is 33.0. The van der Waals surface area contributed by atoms with Gasteiger partial charge in [-0.25, -0.2) is 0 Å². The highest BCUT2D eigenvalue weighted by atomic mass is 16.5. The van der Waals surface area contributed by atoms with Gasteiger partial charge in [0.1, 0.15) is 11.5 Å². The molecule has 4 aromatic carbocycles. The number of ether oxygens (including phenoxy) is 2. The molecule has 0 unspecified atom stereocenters. The minimum Gasteiger partial charge on any atom is -0.508 e. The Morgan fingerprint density at radius 1 is 0.587 bits per heavy atom. The minimum atomic E-state index is -0.531. The Labute approximate surface area is 266 Å². The molecule has 2 amide bonds. The van der Waals surface area contributed by atoms with Crippen LogP contribution < -0.4 is 20.1 Å². The monoisotopic (exact) mass is 624 g/mol. The van der Waals surface area contributed by atoms with E-state index in [1.54, 1.807) is 72.8 Å². The number of carbonyl (C=O) groups is 2. The van der Waals surface area contributed by atoms with Crippen molar-refractivity contribution in [3.8, 4) is 34.5 Å². The second-order valence-electron chi connectivity index (χ2n) is 10.3. The van der Waals surface area contributed by atoms with Crippen molar-refractivity contribution in [2.75, 3.05) is 27.3 Å². The van der Waals surface area contributed by atoms with Crippen molar-refractivity contribution in [2.24, 2.45) is 0 Å². The maximum absolute atomic E-state index is 13.8. The van der Waals surface area contributed by atoms with Gasteiger partial charge >= 0.3 is 0 Å². The highest BCUT2D eigenvalue weighted by Crippen LogP contribution is 2.30. The van der Waals surface area contributed by atoms with Gasteiger partial charge in [0.05, 0.1) is 25.4 Å². The maximum atomic E-state index is 13.8. The second-order valence-corrected chi connectivity index (χ2v) is 10.3. The van der Waals surface area contributed by atoms with Gasteiger partial charge in [-0.1, -0.05) is 36.4 Å². The lowest BCUT2D eigenvalue weighted by atomic mass is 9.97. The summed E-state index contributed by atoms with van der Waals surface area (Å²) in [7, 11) is 2.81. The van der Waals surface area contributed by atoms with Crippen molar-refractivity contribution < 1.29 is 39.5 Å². The third-order valence-corrected chi connectivity index (χ3v) is 7.08. The fourth-order valence-electron chi connectivity index (χ4n) is 4.59. The number of methoxy groups -OCH3 is 2. The van der Waals surface area contributed by atoms with Gasteiger partial charge in [-0.15, -0.1) is 0 Å². The molecule has 10 heteroatoms. The number of carbonyl (C=O) groups excluding carboxylic acids is 2. The number of benzene rings is 4. The number of rotatable bonds is 13. The van der Waals surface area contributed by atoms with E-state index in [2.05, 4.69) is 10.6 Å². The molecule has 0 atom stereocenters. The average Bonchev–Trinajstić information content (AvgIpc) is 3.05. The molecule has 4 rings (SSSR count). The molecule has 0 saturated carbocycles. The van der Waals surface area contributed by atoms with Crippen LogP contribution in [0, 0.1) is 0 Å². The quantitative estimate of drug-likeness (QED) is 0.0922. The van der Waals surface area contributed by atoms with Crippen LogP contribution in [0.25, 0.3) is 12.2 Å². The molecule has 0 aliphatic rings. The third-order valence-electron chi connectivity index (χ3n) is 7.08. The van der Waals surface area contributed by atoms with E-state index < -0.39 is 11.8 Å². The van der Waals surface area contributed by atoms with Gasteiger partial charge in [-0.05, 0) is 95.8 Å². The zero-order valence-corrected chi connectivity index (χ0v) is 25.5. The van der Waals surface area contributed by atoms with Gasteiger partial charge in [0.2, 0.25) is 0 Å². The molecule has 0 aliphatic carbocycles. The van der Waals surface area contributed by atoms with Crippen molar-refractivity contribution in [1.29, 1.82) is 0 Å². The smallest absolute Gasteiger partial charge is 0.252 e. The zero-order valence-electron chi connectivity index (χ0n) is 25.5. The molecule has 0 spiro atoms. The van der Waals surface area contributed by atoms with Crippen molar-refractivity contribution >= 4 is 24.0 Å². The fourth-order valence-corrected chi connectivity index (χ4v) is 4.59. The molecule has 0 heterocycles. The van der Waals surface area contributed by atoms with Crippen molar-refractivity contribution in [3.05, 3.63) is 118 Å². The Bertz CT molecular complexity index is 1600. The van der Waals surface area contributed by atoms with Crippen LogP contribution >= 0.6 is 0 Å². The topological polar surface area (TPSA) is 158 Å². The highest BCUT2D eigenvalue weighted by molar-refractivity contribution is 6.16. The molecule has 0 radical (unpaired) electrons. The van der Waals surface area contributed by atoms with Crippen LogP contribution in [0.1, 0.15) is 22.3 Å². The molecule has 4 aromatic rings. The van der Waals surface area contributed by atoms with Gasteiger partial charge in [0.15, 0.2) is 23.0 Å². The minimum absolute atomic E-state index is 0.0348. The summed E-state index contributed by atoms with van der Waals surface area (Å²) < 4.78 is 10.5. The lowest BCUT2D eigenvalue weighted by molar-refractivity contribution is -0.120. The maximum Gasteiger partial charge on any atom is 0.252 e. The van der Waals surface area contributed by atoms with Crippen LogP contribution in [0.5, 0.6) is 34.5 Å². The Morgan fingerprint density at radius 3 is 1.30 bits per heavy atom. The Morgan fingerprint density at radius 2 is 0.957 bits per heavy atom. The summed E-state index contributed by atoms with van der Waals surface area (Å²) in [5.41, 5.74) is 2.84. The van der Waals surface area contributed by atoms with E-state index in [0.29, 0.717) is 24.0 Å². The number of nitrogens with one attached hydrogen (secondary N) is 2. The Balaban J connectivity index is 1.71. The van der Waals surface area contributed by atoms with E-state index in [0.717, 1.165) is 11.1 Å². The first-order valence-corrected chi connectivity index (χ1v) is 14.5. The van der Waals surface area contributed by atoms with E-state index in [9.17, 15) is 30.0 Å². The predicted molar refractivity (Wildman–Crippen MR) is 175 cm³/mol. The van der Waals surface area contributed by atoms with Gasteiger partial charge in [0.25, 0.3) is 11.8 Å². The summed E-state index contributed by atoms with van der Waals surface area (Å²) >= 11 is 0. The SMILES string of the molecule is COc1cc(/C=C(C(=O)NCCc2ccc(O)cc2)\C(=C/c2ccc(O)c(OC)c2)C(=O)NCCc2ccc(O)cc2)ccc1O. The normalized spacial score (nSPS) is 11.5. The van der Waals surface area contributed by atoms with Crippen molar-refractivity contribution in [1.82, 2.24) is 10.6 Å². The largest absolute Gasteiger partial charge is 0.508 e. The number of amides is 2. The standard InChI is InChI=1S/C36H36N2O8/c1-45-33-21-25(7-13-31(33)41)19-29(35(43)37-17-15-23-3-9-27(39)10-4-23)30(20-26-8-14-32(42)34(22-26)46-2)36(44)38-18-16-24-5-11-28(40)12-6-24/h3-14,19-22,39-42H,15-18H2,1-2H3,(H,37,43)(H,38,44)/b29-19+,30-20+. The molecule has 0 aliphatic heterocycles. The van der Waals surface area contributed by atoms with E-state index in [1.807, 2.05) is 0 Å². The molecule has 0 aromatic heterocycles. The number of phenols is 4. The molecule has 6 N–H and O–H groups in total. The van der Waals surface area contributed by atoms with Gasteiger partial charge in [-0.2, -0.15) is 0 Å². The molecule has 0 fully saturated rings. The Hall–Kier alpha value is -5.90. The van der Waals surface area contributed by atoms with Crippen LogP contribution in [-0.4, -0.2) is 59.5 Å². The number of hydrogen-bond acceptors (Lipinski definition) is 8. The van der Waals surface area contributed by atoms with E-state index in [-0.39, 0.29) is 58.7 Å². The summed E-state index contributed by atoms with van der Waals surface area (Å²) in [6.07, 6.45) is 4.00.